The number of hydrogen-bond acceptors (Lipinski definition) is 6. The molecule has 0 unspecified atom stereocenters. The second kappa shape index (κ2) is 9.93. The highest BCUT2D eigenvalue weighted by atomic mass is 32.2. The summed E-state index contributed by atoms with van der Waals surface area (Å²) in [7, 11) is 0. The van der Waals surface area contributed by atoms with Crippen LogP contribution in [0.15, 0.2) is 0 Å². The molecule has 2 amide bonds. The number of carboxylic acid groups (broad SMARTS) is 1. The van der Waals surface area contributed by atoms with Gasteiger partial charge in [0.2, 0.25) is 11.8 Å². The first-order chi connectivity index (χ1) is 8.92. The Balaban J connectivity index is 4.13. The summed E-state index contributed by atoms with van der Waals surface area (Å²) in [5.74, 6) is -1.37. The lowest BCUT2D eigenvalue weighted by atomic mass is 10.2. The highest BCUT2D eigenvalue weighted by Crippen LogP contribution is 2.00. The van der Waals surface area contributed by atoms with Crippen LogP contribution in [-0.4, -0.2) is 59.3 Å². The third kappa shape index (κ3) is 7.96. The quantitative estimate of drug-likeness (QED) is 0.337. The Bertz CT molecular complexity index is 328. The maximum absolute atomic E-state index is 11.5. The summed E-state index contributed by atoms with van der Waals surface area (Å²) in [5, 5.41) is 13.6. The zero-order valence-electron chi connectivity index (χ0n) is 10.6. The number of thiol groups is 1. The molecule has 0 spiro atoms. The van der Waals surface area contributed by atoms with Crippen LogP contribution in [0, 0.1) is 0 Å². The Kier molecular flexibility index (Phi) is 9.44. The highest BCUT2D eigenvalue weighted by molar-refractivity contribution is 7.98. The lowest BCUT2D eigenvalue weighted by molar-refractivity contribution is -0.141. The van der Waals surface area contributed by atoms with Crippen LogP contribution in [0.3, 0.4) is 0 Å². The Morgan fingerprint density at radius 1 is 1.42 bits per heavy atom. The standard InChI is InChI=1S/C10H19N3O4S2/c1-19-3-2-7(10(16)17)13-8(14)4-12-9(15)6(11)5-18/h6-7,18H,2-5,11H2,1H3,(H,12,15)(H,13,14)(H,16,17)/t6-,7-/m0/s1. The van der Waals surface area contributed by atoms with E-state index in [1.165, 1.54) is 11.8 Å². The first kappa shape index (κ1) is 18.1. The number of carbonyl (C=O) groups is 3. The van der Waals surface area contributed by atoms with Crippen LogP contribution in [0.25, 0.3) is 0 Å². The maximum Gasteiger partial charge on any atom is 0.326 e. The van der Waals surface area contributed by atoms with E-state index in [1.807, 2.05) is 6.26 Å². The molecule has 19 heavy (non-hydrogen) atoms. The minimum absolute atomic E-state index is 0.166. The van der Waals surface area contributed by atoms with Crippen LogP contribution in [0.5, 0.6) is 0 Å². The third-order valence-corrected chi connectivity index (χ3v) is 3.24. The van der Waals surface area contributed by atoms with Crippen molar-refractivity contribution in [3.05, 3.63) is 0 Å². The molecule has 0 rings (SSSR count). The normalized spacial score (nSPS) is 13.4. The van der Waals surface area contributed by atoms with Gasteiger partial charge in [-0.1, -0.05) is 0 Å². The fourth-order valence-corrected chi connectivity index (χ4v) is 1.76. The smallest absolute Gasteiger partial charge is 0.326 e. The lowest BCUT2D eigenvalue weighted by Gasteiger charge is -2.15. The molecule has 0 fully saturated rings. The van der Waals surface area contributed by atoms with Crippen LogP contribution in [0.1, 0.15) is 6.42 Å². The Morgan fingerprint density at radius 2 is 2.05 bits per heavy atom. The Hall–Kier alpha value is -0.930. The molecule has 0 aliphatic carbocycles. The summed E-state index contributed by atoms with van der Waals surface area (Å²) < 4.78 is 0. The zero-order chi connectivity index (χ0) is 14.8. The van der Waals surface area contributed by atoms with Crippen molar-refractivity contribution in [2.75, 3.05) is 24.3 Å². The Labute approximate surface area is 121 Å². The van der Waals surface area contributed by atoms with Crippen molar-refractivity contribution < 1.29 is 19.5 Å². The predicted molar refractivity (Wildman–Crippen MR) is 77.4 cm³/mol. The minimum atomic E-state index is -1.10. The average Bonchev–Trinajstić information content (AvgIpc) is 2.39. The fourth-order valence-electron chi connectivity index (χ4n) is 1.12. The van der Waals surface area contributed by atoms with Gasteiger partial charge in [0.25, 0.3) is 0 Å². The van der Waals surface area contributed by atoms with E-state index in [1.54, 1.807) is 0 Å². The van der Waals surface area contributed by atoms with Gasteiger partial charge in [-0.05, 0) is 18.4 Å². The molecule has 0 saturated heterocycles. The summed E-state index contributed by atoms with van der Waals surface area (Å²) >= 11 is 5.34. The van der Waals surface area contributed by atoms with E-state index in [9.17, 15) is 14.4 Å². The molecule has 2 atom stereocenters. The van der Waals surface area contributed by atoms with Gasteiger partial charge < -0.3 is 21.5 Å². The zero-order valence-corrected chi connectivity index (χ0v) is 12.3. The second-order valence-corrected chi connectivity index (χ2v) is 5.10. The van der Waals surface area contributed by atoms with E-state index in [0.29, 0.717) is 12.2 Å². The number of thioether (sulfide) groups is 1. The molecule has 0 aliphatic rings. The van der Waals surface area contributed by atoms with Gasteiger partial charge in [-0.2, -0.15) is 24.4 Å². The number of carbonyl (C=O) groups excluding carboxylic acids is 2. The topological polar surface area (TPSA) is 122 Å². The first-order valence-electron chi connectivity index (χ1n) is 5.57. The third-order valence-electron chi connectivity index (χ3n) is 2.20. The summed E-state index contributed by atoms with van der Waals surface area (Å²) in [6, 6.07) is -1.74. The second-order valence-electron chi connectivity index (χ2n) is 3.75. The number of amides is 2. The molecule has 0 aromatic heterocycles. The molecular weight excluding hydrogens is 290 g/mol. The van der Waals surface area contributed by atoms with Gasteiger partial charge in [-0.3, -0.25) is 9.59 Å². The van der Waals surface area contributed by atoms with Gasteiger partial charge in [0.15, 0.2) is 0 Å². The number of nitrogens with one attached hydrogen (secondary N) is 2. The van der Waals surface area contributed by atoms with Gasteiger partial charge in [0.05, 0.1) is 12.6 Å². The summed E-state index contributed by atoms with van der Waals surface area (Å²) in [6.45, 7) is -0.302. The maximum atomic E-state index is 11.5. The van der Waals surface area contributed by atoms with Crippen molar-refractivity contribution in [2.45, 2.75) is 18.5 Å². The first-order valence-corrected chi connectivity index (χ1v) is 7.60. The van der Waals surface area contributed by atoms with Gasteiger partial charge in [0.1, 0.15) is 6.04 Å². The van der Waals surface area contributed by atoms with E-state index in [4.69, 9.17) is 10.8 Å². The van der Waals surface area contributed by atoms with Crippen LogP contribution >= 0.6 is 24.4 Å². The van der Waals surface area contributed by atoms with Crippen molar-refractivity contribution >= 4 is 42.2 Å². The van der Waals surface area contributed by atoms with Crippen molar-refractivity contribution in [3.8, 4) is 0 Å². The average molecular weight is 309 g/mol. The Morgan fingerprint density at radius 3 is 2.53 bits per heavy atom. The predicted octanol–water partition coefficient (Wildman–Crippen LogP) is -1.32. The molecular formula is C10H19N3O4S2. The van der Waals surface area contributed by atoms with E-state index < -0.39 is 29.9 Å². The molecule has 0 saturated carbocycles. The van der Waals surface area contributed by atoms with E-state index in [2.05, 4.69) is 23.3 Å². The number of rotatable bonds is 9. The number of hydrogen-bond donors (Lipinski definition) is 5. The van der Waals surface area contributed by atoms with Crippen molar-refractivity contribution in [1.29, 1.82) is 0 Å². The molecule has 9 heteroatoms. The summed E-state index contributed by atoms with van der Waals surface area (Å²) in [6.07, 6.45) is 2.17. The molecule has 0 aromatic rings. The molecule has 0 aliphatic heterocycles. The van der Waals surface area contributed by atoms with Crippen molar-refractivity contribution in [3.63, 3.8) is 0 Å². The molecule has 5 N–H and O–H groups in total. The van der Waals surface area contributed by atoms with Gasteiger partial charge >= 0.3 is 5.97 Å². The SMILES string of the molecule is CSCC[C@H](NC(=O)CNC(=O)[C@@H](N)CS)C(=O)O. The van der Waals surface area contributed by atoms with Crippen LogP contribution in [-0.2, 0) is 14.4 Å². The van der Waals surface area contributed by atoms with Gasteiger partial charge in [-0.25, -0.2) is 4.79 Å². The number of aliphatic carboxylic acids is 1. The summed E-state index contributed by atoms with van der Waals surface area (Å²) in [5.41, 5.74) is 5.40. The van der Waals surface area contributed by atoms with Gasteiger partial charge in [0, 0.05) is 5.75 Å². The van der Waals surface area contributed by atoms with E-state index in [0.717, 1.165) is 0 Å². The molecule has 7 nitrogen and oxygen atoms in total. The lowest BCUT2D eigenvalue weighted by Crippen LogP contribution is -2.49. The monoisotopic (exact) mass is 309 g/mol. The molecule has 0 heterocycles. The minimum Gasteiger partial charge on any atom is -0.480 e. The molecule has 0 bridgehead atoms. The number of carboxylic acids is 1. The molecule has 0 radical (unpaired) electrons. The van der Waals surface area contributed by atoms with Crippen LogP contribution < -0.4 is 16.4 Å². The van der Waals surface area contributed by atoms with Crippen molar-refractivity contribution in [2.24, 2.45) is 5.73 Å². The van der Waals surface area contributed by atoms with Crippen LogP contribution in [0.4, 0.5) is 0 Å². The van der Waals surface area contributed by atoms with E-state index in [-0.39, 0.29) is 12.3 Å². The van der Waals surface area contributed by atoms with E-state index >= 15 is 0 Å². The van der Waals surface area contributed by atoms with Gasteiger partial charge in [-0.15, -0.1) is 0 Å². The highest BCUT2D eigenvalue weighted by Gasteiger charge is 2.20. The van der Waals surface area contributed by atoms with Crippen LogP contribution in [0.2, 0.25) is 0 Å². The number of nitrogens with two attached hydrogens (primary N) is 1. The largest absolute Gasteiger partial charge is 0.480 e. The molecule has 110 valence electrons. The van der Waals surface area contributed by atoms with Crippen molar-refractivity contribution in [1.82, 2.24) is 10.6 Å². The fraction of sp³-hybridized carbons (Fsp3) is 0.700. The summed E-state index contributed by atoms with van der Waals surface area (Å²) in [4.78, 5) is 33.7. The molecule has 0 aromatic carbocycles.